The summed E-state index contributed by atoms with van der Waals surface area (Å²) in [5, 5.41) is 3.40. The monoisotopic (exact) mass is 234 g/mol. The highest BCUT2D eigenvalue weighted by Crippen LogP contribution is 2.19. The van der Waals surface area contributed by atoms with Gasteiger partial charge in [-0.25, -0.2) is 0 Å². The van der Waals surface area contributed by atoms with Gasteiger partial charge < -0.3 is 10.2 Å². The molecule has 0 aliphatic rings. The molecule has 0 saturated heterocycles. The van der Waals surface area contributed by atoms with Crippen molar-refractivity contribution in [1.82, 2.24) is 5.32 Å². The zero-order valence-electron chi connectivity index (χ0n) is 11.5. The number of nitrogens with zero attached hydrogens (tertiary/aromatic N) is 1. The van der Waals surface area contributed by atoms with E-state index in [0.29, 0.717) is 0 Å². The fourth-order valence-corrected chi connectivity index (χ4v) is 2.01. The first-order valence-corrected chi connectivity index (χ1v) is 6.79. The second-order valence-electron chi connectivity index (χ2n) is 4.54. The highest BCUT2D eigenvalue weighted by molar-refractivity contribution is 5.52. The fourth-order valence-electron chi connectivity index (χ4n) is 2.01. The van der Waals surface area contributed by atoms with Gasteiger partial charge in [-0.2, -0.15) is 0 Å². The van der Waals surface area contributed by atoms with Crippen molar-refractivity contribution in [3.05, 3.63) is 29.8 Å². The molecule has 1 rings (SSSR count). The molecular formula is C15H26N2. The summed E-state index contributed by atoms with van der Waals surface area (Å²) in [7, 11) is 2.19. The van der Waals surface area contributed by atoms with Crippen molar-refractivity contribution in [2.75, 3.05) is 25.0 Å². The first kappa shape index (κ1) is 14.0. The summed E-state index contributed by atoms with van der Waals surface area (Å²) in [6.07, 6.45) is 3.88. The Morgan fingerprint density at radius 2 is 1.88 bits per heavy atom. The average molecular weight is 234 g/mol. The Labute approximate surface area is 106 Å². The summed E-state index contributed by atoms with van der Waals surface area (Å²) in [6.45, 7) is 7.53. The molecule has 0 aromatic heterocycles. The molecule has 0 amide bonds. The molecule has 0 heterocycles. The summed E-state index contributed by atoms with van der Waals surface area (Å²) in [5.74, 6) is 0. The minimum Gasteiger partial charge on any atom is -0.374 e. The molecule has 0 saturated carbocycles. The third-order valence-corrected chi connectivity index (χ3v) is 3.07. The molecule has 2 nitrogen and oxygen atoms in total. The van der Waals surface area contributed by atoms with E-state index in [-0.39, 0.29) is 0 Å². The highest BCUT2D eigenvalue weighted by Gasteiger charge is 2.05. The van der Waals surface area contributed by atoms with E-state index in [1.54, 1.807) is 0 Å². The molecular weight excluding hydrogens is 208 g/mol. The van der Waals surface area contributed by atoms with Crippen LogP contribution in [-0.4, -0.2) is 20.1 Å². The lowest BCUT2D eigenvalue weighted by molar-refractivity contribution is 0.695. The van der Waals surface area contributed by atoms with Crippen LogP contribution in [0.1, 0.15) is 38.7 Å². The predicted molar refractivity (Wildman–Crippen MR) is 76.6 cm³/mol. The van der Waals surface area contributed by atoms with E-state index in [1.807, 2.05) is 0 Å². The van der Waals surface area contributed by atoms with Gasteiger partial charge in [-0.1, -0.05) is 44.9 Å². The highest BCUT2D eigenvalue weighted by atomic mass is 15.1. The van der Waals surface area contributed by atoms with Gasteiger partial charge in [0.2, 0.25) is 0 Å². The van der Waals surface area contributed by atoms with Crippen LogP contribution in [0.15, 0.2) is 24.3 Å². The first-order valence-electron chi connectivity index (χ1n) is 6.79. The normalized spacial score (nSPS) is 10.5. The fraction of sp³-hybridized carbons (Fsp3) is 0.600. The molecule has 2 heteroatoms. The first-order chi connectivity index (χ1) is 8.29. The Morgan fingerprint density at radius 3 is 2.59 bits per heavy atom. The Morgan fingerprint density at radius 1 is 1.12 bits per heavy atom. The molecule has 1 N–H and O–H groups in total. The van der Waals surface area contributed by atoms with E-state index in [1.165, 1.54) is 30.5 Å². The molecule has 17 heavy (non-hydrogen) atoms. The molecule has 0 spiro atoms. The van der Waals surface area contributed by atoms with Crippen molar-refractivity contribution in [2.24, 2.45) is 0 Å². The third kappa shape index (κ3) is 4.78. The molecule has 0 atom stereocenters. The van der Waals surface area contributed by atoms with Crippen LogP contribution >= 0.6 is 0 Å². The van der Waals surface area contributed by atoms with Gasteiger partial charge in [0.25, 0.3) is 0 Å². The average Bonchev–Trinajstić information content (AvgIpc) is 2.37. The maximum absolute atomic E-state index is 3.40. The third-order valence-electron chi connectivity index (χ3n) is 3.07. The summed E-state index contributed by atoms with van der Waals surface area (Å²) in [5.41, 5.74) is 2.76. The zero-order chi connectivity index (χ0) is 12.5. The minimum absolute atomic E-state index is 0.963. The van der Waals surface area contributed by atoms with Crippen molar-refractivity contribution < 1.29 is 0 Å². The van der Waals surface area contributed by atoms with Crippen LogP contribution in [0.2, 0.25) is 0 Å². The molecule has 1 aromatic rings. The Kier molecular flexibility index (Phi) is 6.71. The second kappa shape index (κ2) is 8.13. The lowest BCUT2D eigenvalue weighted by Crippen LogP contribution is -2.22. The van der Waals surface area contributed by atoms with Gasteiger partial charge in [-0.3, -0.25) is 0 Å². The number of hydrogen-bond donors (Lipinski definition) is 1. The van der Waals surface area contributed by atoms with Gasteiger partial charge in [-0.15, -0.1) is 0 Å². The van der Waals surface area contributed by atoms with Crippen LogP contribution in [0.4, 0.5) is 5.69 Å². The van der Waals surface area contributed by atoms with Gasteiger partial charge in [-0.05, 0) is 24.6 Å². The van der Waals surface area contributed by atoms with Gasteiger partial charge >= 0.3 is 0 Å². The number of rotatable bonds is 8. The lowest BCUT2D eigenvalue weighted by atomic mass is 10.1. The number of unbranched alkanes of at least 4 members (excludes halogenated alkanes) is 2. The molecule has 1 aromatic carbocycles. The van der Waals surface area contributed by atoms with Crippen molar-refractivity contribution in [1.29, 1.82) is 0 Å². The topological polar surface area (TPSA) is 15.3 Å². The Bertz CT molecular complexity index is 310. The van der Waals surface area contributed by atoms with Gasteiger partial charge in [0, 0.05) is 25.8 Å². The predicted octanol–water partition coefficient (Wildman–Crippen LogP) is 3.42. The van der Waals surface area contributed by atoms with Crippen LogP contribution in [0, 0.1) is 0 Å². The number of nitrogens with one attached hydrogen (secondary N) is 1. The molecule has 0 aliphatic heterocycles. The molecule has 0 radical (unpaired) electrons. The number of benzene rings is 1. The summed E-state index contributed by atoms with van der Waals surface area (Å²) in [4.78, 5) is 2.38. The summed E-state index contributed by atoms with van der Waals surface area (Å²) in [6, 6.07) is 8.68. The maximum Gasteiger partial charge on any atom is 0.0409 e. The van der Waals surface area contributed by atoms with Gasteiger partial charge in [0.1, 0.15) is 0 Å². The zero-order valence-corrected chi connectivity index (χ0v) is 11.5. The van der Waals surface area contributed by atoms with Crippen molar-refractivity contribution in [3.8, 4) is 0 Å². The van der Waals surface area contributed by atoms with E-state index in [0.717, 1.165) is 19.6 Å². The Balaban J connectivity index is 2.60. The van der Waals surface area contributed by atoms with Crippen LogP contribution in [0.5, 0.6) is 0 Å². The van der Waals surface area contributed by atoms with E-state index in [2.05, 4.69) is 55.4 Å². The minimum atomic E-state index is 0.963. The van der Waals surface area contributed by atoms with E-state index < -0.39 is 0 Å². The molecule has 96 valence electrons. The smallest absolute Gasteiger partial charge is 0.0409 e. The summed E-state index contributed by atoms with van der Waals surface area (Å²) < 4.78 is 0. The SMILES string of the molecule is CCCCCN(C)c1ccccc1CNCC. The lowest BCUT2D eigenvalue weighted by Gasteiger charge is -2.22. The van der Waals surface area contributed by atoms with Gasteiger partial charge in [0.15, 0.2) is 0 Å². The van der Waals surface area contributed by atoms with Crippen LogP contribution in [0.25, 0.3) is 0 Å². The number of anilines is 1. The molecule has 0 bridgehead atoms. The van der Waals surface area contributed by atoms with E-state index in [9.17, 15) is 0 Å². The Hall–Kier alpha value is -1.02. The maximum atomic E-state index is 3.40. The molecule has 0 aliphatic carbocycles. The van der Waals surface area contributed by atoms with Crippen LogP contribution in [-0.2, 0) is 6.54 Å². The largest absolute Gasteiger partial charge is 0.374 e. The van der Waals surface area contributed by atoms with Crippen molar-refractivity contribution in [2.45, 2.75) is 39.7 Å². The van der Waals surface area contributed by atoms with Crippen molar-refractivity contribution >= 4 is 5.69 Å². The molecule has 0 unspecified atom stereocenters. The van der Waals surface area contributed by atoms with Gasteiger partial charge in [0.05, 0.1) is 0 Å². The quantitative estimate of drug-likeness (QED) is 0.693. The van der Waals surface area contributed by atoms with Crippen LogP contribution in [0.3, 0.4) is 0 Å². The number of para-hydroxylation sites is 1. The second-order valence-corrected chi connectivity index (χ2v) is 4.54. The summed E-state index contributed by atoms with van der Waals surface area (Å²) >= 11 is 0. The number of hydrogen-bond acceptors (Lipinski definition) is 2. The van der Waals surface area contributed by atoms with Crippen molar-refractivity contribution in [3.63, 3.8) is 0 Å². The van der Waals surface area contributed by atoms with E-state index >= 15 is 0 Å². The van der Waals surface area contributed by atoms with Crippen LogP contribution < -0.4 is 10.2 Å². The van der Waals surface area contributed by atoms with E-state index in [4.69, 9.17) is 0 Å². The molecule has 0 fully saturated rings. The standard InChI is InChI=1S/C15H26N2/c1-4-6-9-12-17(3)15-11-8-7-10-14(15)13-16-5-2/h7-8,10-11,16H,4-6,9,12-13H2,1-3H3.